The molecule has 1 fully saturated rings. The average molecular weight is 229 g/mol. The molecule has 0 N–H and O–H groups in total. The SMILES string of the molecule is C=C(C)CN1CC2(C1)OCc1cc(C)ccc12. The molecule has 3 rings (SSSR count). The zero-order chi connectivity index (χ0) is 12.0. The lowest BCUT2D eigenvalue weighted by Crippen LogP contribution is -2.59. The molecule has 2 aliphatic heterocycles. The van der Waals surface area contributed by atoms with Gasteiger partial charge in [-0.15, -0.1) is 0 Å². The Hall–Kier alpha value is -1.12. The van der Waals surface area contributed by atoms with Crippen molar-refractivity contribution in [3.8, 4) is 0 Å². The third-order valence-corrected chi connectivity index (χ3v) is 3.71. The number of benzene rings is 1. The minimum absolute atomic E-state index is 0.0154. The molecular formula is C15H19NO. The number of likely N-dealkylation sites (tertiary alicyclic amines) is 1. The number of rotatable bonds is 2. The summed E-state index contributed by atoms with van der Waals surface area (Å²) < 4.78 is 6.04. The van der Waals surface area contributed by atoms with Crippen molar-refractivity contribution in [2.45, 2.75) is 26.1 Å². The van der Waals surface area contributed by atoms with Crippen LogP contribution in [-0.4, -0.2) is 24.5 Å². The second-order valence-corrected chi connectivity index (χ2v) is 5.55. The highest BCUT2D eigenvalue weighted by Crippen LogP contribution is 2.43. The standard InChI is InChI=1S/C15H19NO/c1-11(2)7-16-9-15(10-16)14-5-4-12(3)6-13(14)8-17-15/h4-6H,1,7-10H2,2-3H3. The van der Waals surface area contributed by atoms with Crippen LogP contribution in [0.1, 0.15) is 23.6 Å². The van der Waals surface area contributed by atoms with Gasteiger partial charge in [0.15, 0.2) is 0 Å². The van der Waals surface area contributed by atoms with E-state index in [9.17, 15) is 0 Å². The smallest absolute Gasteiger partial charge is 0.119 e. The number of ether oxygens (including phenoxy) is 1. The van der Waals surface area contributed by atoms with Crippen LogP contribution in [0.3, 0.4) is 0 Å². The molecule has 1 aromatic carbocycles. The summed E-state index contributed by atoms with van der Waals surface area (Å²) in [6.07, 6.45) is 0. The fourth-order valence-electron chi connectivity index (χ4n) is 3.01. The fraction of sp³-hybridized carbons (Fsp3) is 0.467. The largest absolute Gasteiger partial charge is 0.363 e. The first-order chi connectivity index (χ1) is 8.09. The summed E-state index contributed by atoms with van der Waals surface area (Å²) in [6, 6.07) is 6.69. The molecular weight excluding hydrogens is 210 g/mol. The molecule has 0 unspecified atom stereocenters. The quantitative estimate of drug-likeness (QED) is 0.723. The van der Waals surface area contributed by atoms with Crippen LogP contribution in [-0.2, 0) is 16.9 Å². The Morgan fingerprint density at radius 2 is 2.24 bits per heavy atom. The highest BCUT2D eigenvalue weighted by atomic mass is 16.5. The second-order valence-electron chi connectivity index (χ2n) is 5.55. The van der Waals surface area contributed by atoms with Crippen LogP contribution in [0.4, 0.5) is 0 Å². The first-order valence-corrected chi connectivity index (χ1v) is 6.20. The molecule has 2 aliphatic rings. The van der Waals surface area contributed by atoms with Gasteiger partial charge in [0.25, 0.3) is 0 Å². The maximum absolute atomic E-state index is 6.04. The van der Waals surface area contributed by atoms with Gasteiger partial charge < -0.3 is 4.74 Å². The Balaban J connectivity index is 1.79. The van der Waals surface area contributed by atoms with Crippen molar-refractivity contribution in [2.75, 3.05) is 19.6 Å². The molecule has 0 aliphatic carbocycles. The van der Waals surface area contributed by atoms with Gasteiger partial charge in [0.1, 0.15) is 5.60 Å². The highest BCUT2D eigenvalue weighted by molar-refractivity contribution is 5.40. The topological polar surface area (TPSA) is 12.5 Å². The van der Waals surface area contributed by atoms with Crippen molar-refractivity contribution < 1.29 is 4.74 Å². The first kappa shape index (κ1) is 11.0. The average Bonchev–Trinajstić information content (AvgIpc) is 2.55. The lowest BCUT2D eigenvalue weighted by molar-refractivity contribution is -0.138. The molecule has 1 aromatic rings. The summed E-state index contributed by atoms with van der Waals surface area (Å²) >= 11 is 0. The molecule has 90 valence electrons. The molecule has 2 nitrogen and oxygen atoms in total. The zero-order valence-electron chi connectivity index (χ0n) is 10.6. The Kier molecular flexibility index (Phi) is 2.39. The predicted molar refractivity (Wildman–Crippen MR) is 68.9 cm³/mol. The fourth-order valence-corrected chi connectivity index (χ4v) is 3.01. The molecule has 17 heavy (non-hydrogen) atoms. The van der Waals surface area contributed by atoms with E-state index < -0.39 is 0 Å². The molecule has 0 bridgehead atoms. The van der Waals surface area contributed by atoms with Crippen LogP contribution in [0.15, 0.2) is 30.4 Å². The number of hydrogen-bond donors (Lipinski definition) is 0. The summed E-state index contributed by atoms with van der Waals surface area (Å²) in [4.78, 5) is 2.40. The van der Waals surface area contributed by atoms with Crippen molar-refractivity contribution in [1.29, 1.82) is 0 Å². The van der Waals surface area contributed by atoms with Gasteiger partial charge in [-0.05, 0) is 25.0 Å². The van der Waals surface area contributed by atoms with Crippen LogP contribution in [0, 0.1) is 6.92 Å². The molecule has 1 saturated heterocycles. The number of nitrogens with zero attached hydrogens (tertiary/aromatic N) is 1. The van der Waals surface area contributed by atoms with E-state index in [1.54, 1.807) is 0 Å². The molecule has 0 atom stereocenters. The normalized spacial score (nSPS) is 21.3. The third kappa shape index (κ3) is 1.72. The Morgan fingerprint density at radius 1 is 1.47 bits per heavy atom. The molecule has 2 heteroatoms. The maximum atomic E-state index is 6.04. The highest BCUT2D eigenvalue weighted by Gasteiger charge is 2.49. The third-order valence-electron chi connectivity index (χ3n) is 3.71. The maximum Gasteiger partial charge on any atom is 0.119 e. The number of aryl methyl sites for hydroxylation is 1. The van der Waals surface area contributed by atoms with Crippen molar-refractivity contribution in [2.24, 2.45) is 0 Å². The Morgan fingerprint density at radius 3 is 2.94 bits per heavy atom. The van der Waals surface area contributed by atoms with Crippen LogP contribution in [0.2, 0.25) is 0 Å². The molecule has 0 saturated carbocycles. The number of hydrogen-bond acceptors (Lipinski definition) is 2. The van der Waals surface area contributed by atoms with Gasteiger partial charge in [0.2, 0.25) is 0 Å². The second kappa shape index (κ2) is 3.69. The van der Waals surface area contributed by atoms with Crippen molar-refractivity contribution >= 4 is 0 Å². The predicted octanol–water partition coefficient (Wildman–Crippen LogP) is 2.61. The summed E-state index contributed by atoms with van der Waals surface area (Å²) in [6.45, 7) is 12.0. The van der Waals surface area contributed by atoms with Crippen molar-refractivity contribution in [3.63, 3.8) is 0 Å². The van der Waals surface area contributed by atoms with E-state index in [-0.39, 0.29) is 5.60 Å². The number of fused-ring (bicyclic) bond motifs is 2. The Labute approximate surface area is 103 Å². The van der Waals surface area contributed by atoms with Gasteiger partial charge in [-0.1, -0.05) is 35.9 Å². The van der Waals surface area contributed by atoms with Crippen LogP contribution >= 0.6 is 0 Å². The van der Waals surface area contributed by atoms with Crippen LogP contribution in [0.5, 0.6) is 0 Å². The minimum Gasteiger partial charge on any atom is -0.363 e. The van der Waals surface area contributed by atoms with E-state index in [1.165, 1.54) is 22.3 Å². The van der Waals surface area contributed by atoms with E-state index in [1.807, 2.05) is 0 Å². The van der Waals surface area contributed by atoms with E-state index in [4.69, 9.17) is 4.74 Å². The Bertz CT molecular complexity index is 472. The van der Waals surface area contributed by atoms with Crippen molar-refractivity contribution in [3.05, 3.63) is 47.0 Å². The van der Waals surface area contributed by atoms with Crippen molar-refractivity contribution in [1.82, 2.24) is 4.90 Å². The summed E-state index contributed by atoms with van der Waals surface area (Å²) in [5.74, 6) is 0. The molecule has 1 spiro atoms. The van der Waals surface area contributed by atoms with E-state index in [0.29, 0.717) is 0 Å². The van der Waals surface area contributed by atoms with Gasteiger partial charge in [-0.2, -0.15) is 0 Å². The molecule has 2 heterocycles. The lowest BCUT2D eigenvalue weighted by Gasteiger charge is -2.47. The summed E-state index contributed by atoms with van der Waals surface area (Å²) in [5, 5.41) is 0. The van der Waals surface area contributed by atoms with Gasteiger partial charge in [0.05, 0.1) is 6.61 Å². The monoisotopic (exact) mass is 229 g/mol. The van der Waals surface area contributed by atoms with Crippen LogP contribution < -0.4 is 0 Å². The lowest BCUT2D eigenvalue weighted by atomic mass is 9.84. The van der Waals surface area contributed by atoms with Gasteiger partial charge in [0, 0.05) is 19.6 Å². The zero-order valence-corrected chi connectivity index (χ0v) is 10.6. The van der Waals surface area contributed by atoms with Gasteiger partial charge in [-0.3, -0.25) is 4.90 Å². The van der Waals surface area contributed by atoms with E-state index >= 15 is 0 Å². The summed E-state index contributed by atoms with van der Waals surface area (Å²) in [7, 11) is 0. The minimum atomic E-state index is -0.0154. The molecule has 0 aromatic heterocycles. The van der Waals surface area contributed by atoms with Crippen LogP contribution in [0.25, 0.3) is 0 Å². The van der Waals surface area contributed by atoms with Gasteiger partial charge in [-0.25, -0.2) is 0 Å². The first-order valence-electron chi connectivity index (χ1n) is 6.20. The molecule has 0 amide bonds. The van der Waals surface area contributed by atoms with Gasteiger partial charge >= 0.3 is 0 Å². The molecule has 0 radical (unpaired) electrons. The van der Waals surface area contributed by atoms with E-state index in [2.05, 4.69) is 43.5 Å². The summed E-state index contributed by atoms with van der Waals surface area (Å²) in [5.41, 5.74) is 5.31. The van der Waals surface area contributed by atoms with E-state index in [0.717, 1.165) is 26.2 Å².